The highest BCUT2D eigenvalue weighted by Crippen LogP contribution is 2.57. The molecule has 1 heterocycles. The van der Waals surface area contributed by atoms with Crippen LogP contribution in [-0.2, 0) is 11.2 Å². The lowest BCUT2D eigenvalue weighted by Gasteiger charge is -2.60. The number of amides is 1. The second kappa shape index (κ2) is 6.14. The van der Waals surface area contributed by atoms with E-state index in [1.807, 2.05) is 0 Å². The van der Waals surface area contributed by atoms with Gasteiger partial charge in [0.1, 0.15) is 0 Å². The Kier molecular flexibility index (Phi) is 3.88. The smallest absolute Gasteiger partial charge is 0.223 e. The Balaban J connectivity index is 1.32. The first kappa shape index (κ1) is 16.4. The molecule has 0 unspecified atom stereocenters. The highest BCUT2D eigenvalue weighted by molar-refractivity contribution is 5.84. The number of carbonyl (C=O) groups excluding carboxylic acids is 1. The summed E-state index contributed by atoms with van der Waals surface area (Å²) in [4.78, 5) is 18.9. The molecule has 4 aliphatic rings. The molecule has 1 aromatic carbocycles. The molecule has 0 atom stereocenters. The molecule has 1 N–H and O–H groups in total. The van der Waals surface area contributed by atoms with E-state index in [1.54, 1.807) is 0 Å². The summed E-state index contributed by atoms with van der Waals surface area (Å²) in [5, 5.41) is 1.26. The van der Waals surface area contributed by atoms with Crippen LogP contribution in [0.2, 0.25) is 0 Å². The number of para-hydroxylation sites is 1. The highest BCUT2D eigenvalue weighted by Gasteiger charge is 2.54. The zero-order valence-electron chi connectivity index (χ0n) is 15.8. The summed E-state index contributed by atoms with van der Waals surface area (Å²) in [6, 6.07) is 8.39. The molecule has 1 amide bonds. The summed E-state index contributed by atoms with van der Waals surface area (Å²) in [6.45, 7) is 3.06. The van der Waals surface area contributed by atoms with Crippen LogP contribution in [0.5, 0.6) is 0 Å². The van der Waals surface area contributed by atoms with Crippen molar-refractivity contribution < 1.29 is 4.79 Å². The van der Waals surface area contributed by atoms with Crippen LogP contribution in [-0.4, -0.2) is 27.9 Å². The number of fused-ring (bicyclic) bond motifs is 1. The zero-order chi connectivity index (χ0) is 17.7. The molecule has 4 saturated carbocycles. The van der Waals surface area contributed by atoms with Gasteiger partial charge in [-0.05, 0) is 81.3 Å². The molecule has 4 fully saturated rings. The first-order valence-corrected chi connectivity index (χ1v) is 10.5. The summed E-state index contributed by atoms with van der Waals surface area (Å²) < 4.78 is 0. The number of hydrogen-bond acceptors (Lipinski definition) is 1. The van der Waals surface area contributed by atoms with Crippen LogP contribution in [0.25, 0.3) is 10.9 Å². The number of aromatic nitrogens is 1. The Morgan fingerprint density at radius 3 is 2.42 bits per heavy atom. The third-order valence-corrected chi connectivity index (χ3v) is 7.48. The van der Waals surface area contributed by atoms with Gasteiger partial charge in [-0.1, -0.05) is 18.2 Å². The summed E-state index contributed by atoms with van der Waals surface area (Å²) >= 11 is 0. The Labute approximate surface area is 156 Å². The third-order valence-electron chi connectivity index (χ3n) is 7.48. The Hall–Kier alpha value is -1.77. The van der Waals surface area contributed by atoms with Crippen molar-refractivity contribution >= 4 is 16.8 Å². The molecule has 0 radical (unpaired) electrons. The molecule has 4 aliphatic carbocycles. The number of benzene rings is 1. The Morgan fingerprint density at radius 1 is 1.12 bits per heavy atom. The van der Waals surface area contributed by atoms with Crippen LogP contribution < -0.4 is 0 Å². The lowest BCUT2D eigenvalue weighted by molar-refractivity contribution is -0.150. The van der Waals surface area contributed by atoms with Crippen LogP contribution in [0.3, 0.4) is 0 Å². The number of nitrogens with zero attached hydrogens (tertiary/aromatic N) is 1. The normalized spacial score (nSPS) is 32.3. The van der Waals surface area contributed by atoms with E-state index in [2.05, 4.69) is 47.3 Å². The number of carbonyl (C=O) groups is 1. The van der Waals surface area contributed by atoms with Crippen LogP contribution in [0.1, 0.15) is 57.4 Å². The van der Waals surface area contributed by atoms with E-state index in [0.717, 1.165) is 30.7 Å². The van der Waals surface area contributed by atoms with Crippen molar-refractivity contribution in [2.75, 3.05) is 6.54 Å². The summed E-state index contributed by atoms with van der Waals surface area (Å²) in [6.07, 6.45) is 11.7. The Bertz CT molecular complexity index is 785. The van der Waals surface area contributed by atoms with Gasteiger partial charge in [-0.25, -0.2) is 0 Å². The first-order valence-electron chi connectivity index (χ1n) is 10.5. The van der Waals surface area contributed by atoms with Crippen LogP contribution in [0, 0.1) is 17.8 Å². The van der Waals surface area contributed by atoms with E-state index in [9.17, 15) is 4.79 Å². The fourth-order valence-electron chi connectivity index (χ4n) is 6.89. The molecular weight excluding hydrogens is 320 g/mol. The third kappa shape index (κ3) is 2.59. The van der Waals surface area contributed by atoms with Gasteiger partial charge in [0.15, 0.2) is 0 Å². The van der Waals surface area contributed by atoms with E-state index >= 15 is 0 Å². The number of H-pyrrole nitrogens is 1. The molecule has 3 heteroatoms. The van der Waals surface area contributed by atoms with E-state index in [1.165, 1.54) is 55.0 Å². The van der Waals surface area contributed by atoms with Crippen molar-refractivity contribution in [1.82, 2.24) is 9.88 Å². The highest BCUT2D eigenvalue weighted by atomic mass is 16.2. The van der Waals surface area contributed by atoms with Crippen LogP contribution >= 0.6 is 0 Å². The lowest BCUT2D eigenvalue weighted by atomic mass is 9.52. The molecule has 138 valence electrons. The maximum atomic E-state index is 13.2. The summed E-state index contributed by atoms with van der Waals surface area (Å²) in [5.74, 6) is 3.03. The Morgan fingerprint density at radius 2 is 1.77 bits per heavy atom. The number of aryl methyl sites for hydroxylation is 1. The summed E-state index contributed by atoms with van der Waals surface area (Å²) in [5.41, 5.74) is 2.64. The SMILES string of the molecule is CCN(C(=O)CCc1c[nH]c2ccccc12)C12CC3CC(CC(C3)C1)C2. The molecule has 6 rings (SSSR count). The predicted octanol–water partition coefficient (Wildman–Crippen LogP) is 4.92. The molecule has 3 nitrogen and oxygen atoms in total. The molecule has 26 heavy (non-hydrogen) atoms. The topological polar surface area (TPSA) is 36.1 Å². The molecule has 0 spiro atoms. The van der Waals surface area contributed by atoms with Gasteiger partial charge in [-0.15, -0.1) is 0 Å². The van der Waals surface area contributed by atoms with Gasteiger partial charge in [-0.3, -0.25) is 4.79 Å². The molecule has 0 saturated heterocycles. The minimum absolute atomic E-state index is 0.195. The van der Waals surface area contributed by atoms with Gasteiger partial charge in [0.2, 0.25) is 5.91 Å². The fraction of sp³-hybridized carbons (Fsp3) is 0.609. The number of hydrogen-bond donors (Lipinski definition) is 1. The van der Waals surface area contributed by atoms with Gasteiger partial charge in [-0.2, -0.15) is 0 Å². The van der Waals surface area contributed by atoms with Crippen molar-refractivity contribution in [3.8, 4) is 0 Å². The lowest BCUT2D eigenvalue weighted by Crippen LogP contribution is -2.61. The fourth-order valence-corrected chi connectivity index (χ4v) is 6.89. The minimum atomic E-state index is 0.195. The average molecular weight is 351 g/mol. The van der Waals surface area contributed by atoms with Gasteiger partial charge < -0.3 is 9.88 Å². The predicted molar refractivity (Wildman–Crippen MR) is 105 cm³/mol. The van der Waals surface area contributed by atoms with Crippen molar-refractivity contribution in [1.29, 1.82) is 0 Å². The van der Waals surface area contributed by atoms with Crippen molar-refractivity contribution in [2.45, 2.75) is 63.8 Å². The van der Waals surface area contributed by atoms with Gasteiger partial charge in [0.25, 0.3) is 0 Å². The molecule has 1 aromatic heterocycles. The van der Waals surface area contributed by atoms with E-state index in [-0.39, 0.29) is 5.54 Å². The minimum Gasteiger partial charge on any atom is -0.361 e. The van der Waals surface area contributed by atoms with Crippen LogP contribution in [0.15, 0.2) is 30.5 Å². The number of nitrogens with one attached hydrogen (secondary N) is 1. The average Bonchev–Trinajstić information content (AvgIpc) is 3.02. The standard InChI is InChI=1S/C23H30N2O/c1-2-25(23-12-16-9-17(13-23)11-18(10-16)14-23)22(26)8-7-19-15-24-21-6-4-3-5-20(19)21/h3-6,15-18,24H,2,7-14H2,1H3. The number of aromatic amines is 1. The van der Waals surface area contributed by atoms with Gasteiger partial charge in [0.05, 0.1) is 0 Å². The second-order valence-electron chi connectivity index (χ2n) is 9.14. The molecule has 2 aromatic rings. The van der Waals surface area contributed by atoms with Gasteiger partial charge in [0, 0.05) is 35.6 Å². The molecule has 4 bridgehead atoms. The van der Waals surface area contributed by atoms with Crippen LogP contribution in [0.4, 0.5) is 0 Å². The van der Waals surface area contributed by atoms with E-state index in [0.29, 0.717) is 12.3 Å². The van der Waals surface area contributed by atoms with E-state index in [4.69, 9.17) is 0 Å². The first-order chi connectivity index (χ1) is 12.7. The molecular formula is C23H30N2O. The monoisotopic (exact) mass is 350 g/mol. The quantitative estimate of drug-likeness (QED) is 0.816. The second-order valence-corrected chi connectivity index (χ2v) is 9.14. The number of rotatable bonds is 5. The summed E-state index contributed by atoms with van der Waals surface area (Å²) in [7, 11) is 0. The van der Waals surface area contributed by atoms with Crippen molar-refractivity contribution in [3.05, 3.63) is 36.0 Å². The van der Waals surface area contributed by atoms with Crippen molar-refractivity contribution in [3.63, 3.8) is 0 Å². The van der Waals surface area contributed by atoms with Gasteiger partial charge >= 0.3 is 0 Å². The zero-order valence-corrected chi connectivity index (χ0v) is 15.8. The largest absolute Gasteiger partial charge is 0.361 e. The van der Waals surface area contributed by atoms with E-state index < -0.39 is 0 Å². The van der Waals surface area contributed by atoms with Crippen molar-refractivity contribution in [2.24, 2.45) is 17.8 Å². The molecule has 0 aliphatic heterocycles. The maximum Gasteiger partial charge on any atom is 0.223 e. The maximum absolute atomic E-state index is 13.2.